The Morgan fingerprint density at radius 1 is 1.00 bits per heavy atom. The molecule has 0 aliphatic heterocycles. The van der Waals surface area contributed by atoms with Gasteiger partial charge in [0.1, 0.15) is 0 Å². The van der Waals surface area contributed by atoms with E-state index < -0.39 is 23.8 Å². The summed E-state index contributed by atoms with van der Waals surface area (Å²) in [4.78, 5) is 46.3. The monoisotopic (exact) mass is 315 g/mol. The van der Waals surface area contributed by atoms with Gasteiger partial charge in [-0.2, -0.15) is 0 Å². The largest absolute Gasteiger partial charge is 0.314 e. The van der Waals surface area contributed by atoms with E-state index in [9.17, 15) is 19.2 Å². The Kier molecular flexibility index (Phi) is 4.95. The first-order valence-electron chi connectivity index (χ1n) is 6.50. The summed E-state index contributed by atoms with van der Waals surface area (Å²) in [6.45, 7) is 1.13. The molecule has 112 valence electrons. The van der Waals surface area contributed by atoms with Gasteiger partial charge in [-0.25, -0.2) is 0 Å². The van der Waals surface area contributed by atoms with Gasteiger partial charge in [-0.3, -0.25) is 19.2 Å². The molecule has 6 heteroatoms. The van der Waals surface area contributed by atoms with Crippen molar-refractivity contribution in [1.82, 2.24) is 0 Å². The Bertz CT molecular complexity index is 734. The maximum Gasteiger partial charge on any atom is 0.256 e. The first-order chi connectivity index (χ1) is 10.5. The van der Waals surface area contributed by atoms with E-state index >= 15 is 0 Å². The van der Waals surface area contributed by atoms with E-state index in [2.05, 4.69) is 5.32 Å². The first-order valence-corrected chi connectivity index (χ1v) is 7.32. The minimum Gasteiger partial charge on any atom is -0.314 e. The van der Waals surface area contributed by atoms with Gasteiger partial charge in [-0.05, 0) is 24.3 Å². The number of thiophene rings is 1. The lowest BCUT2D eigenvalue weighted by atomic mass is 10.1. The fourth-order valence-corrected chi connectivity index (χ4v) is 2.52. The Morgan fingerprint density at radius 3 is 2.32 bits per heavy atom. The summed E-state index contributed by atoms with van der Waals surface area (Å²) in [7, 11) is 0. The smallest absolute Gasteiger partial charge is 0.256 e. The van der Waals surface area contributed by atoms with Crippen LogP contribution in [0.15, 0.2) is 42.5 Å². The number of benzene rings is 1. The fourth-order valence-electron chi connectivity index (χ4n) is 1.69. The summed E-state index contributed by atoms with van der Waals surface area (Å²) < 4.78 is 0. The summed E-state index contributed by atoms with van der Waals surface area (Å²) in [5.74, 6) is -2.05. The lowest BCUT2D eigenvalue weighted by Crippen LogP contribution is -2.14. The number of amides is 1. The highest BCUT2D eigenvalue weighted by atomic mass is 32.1. The summed E-state index contributed by atoms with van der Waals surface area (Å²) in [5, 5.41) is 3.19. The molecule has 0 saturated heterocycles. The summed E-state index contributed by atoms with van der Waals surface area (Å²) in [5.41, 5.74) is 0.510. The van der Waals surface area contributed by atoms with Gasteiger partial charge in [-0.1, -0.05) is 18.2 Å². The van der Waals surface area contributed by atoms with E-state index in [1.165, 1.54) is 6.07 Å². The number of ketones is 3. The first kappa shape index (κ1) is 15.8. The highest BCUT2D eigenvalue weighted by Gasteiger charge is 2.17. The molecule has 0 unspecified atom stereocenters. The molecular formula is C16H13NO4S. The van der Waals surface area contributed by atoms with Crippen molar-refractivity contribution in [2.24, 2.45) is 0 Å². The molecule has 0 bridgehead atoms. The van der Waals surface area contributed by atoms with E-state index in [4.69, 9.17) is 0 Å². The van der Waals surface area contributed by atoms with Crippen LogP contribution < -0.4 is 5.32 Å². The molecule has 0 saturated carbocycles. The Morgan fingerprint density at radius 2 is 1.68 bits per heavy atom. The molecule has 0 atom stereocenters. The average Bonchev–Trinajstić information content (AvgIpc) is 2.96. The summed E-state index contributed by atoms with van der Waals surface area (Å²) in [6, 6.07) is 11.8. The molecule has 0 radical (unpaired) electrons. The molecule has 0 spiro atoms. The van der Waals surface area contributed by atoms with Crippen molar-refractivity contribution in [3.05, 3.63) is 52.9 Å². The molecule has 1 heterocycles. The van der Waals surface area contributed by atoms with Crippen LogP contribution in [0.4, 0.5) is 5.00 Å². The standard InChI is InChI=1S/C16H13NO4S/c1-10(18)12(19)9-13(20)14-7-8-15(22-14)17-16(21)11-5-3-2-4-6-11/h2-8H,9H2,1H3,(H,17,21). The van der Waals surface area contributed by atoms with E-state index in [0.717, 1.165) is 18.3 Å². The van der Waals surface area contributed by atoms with Crippen LogP contribution >= 0.6 is 11.3 Å². The van der Waals surface area contributed by atoms with Gasteiger partial charge in [0.15, 0.2) is 11.6 Å². The zero-order valence-corrected chi connectivity index (χ0v) is 12.6. The van der Waals surface area contributed by atoms with Crippen LogP contribution in [0.25, 0.3) is 0 Å². The van der Waals surface area contributed by atoms with Gasteiger partial charge >= 0.3 is 0 Å². The minimum atomic E-state index is -0.715. The van der Waals surface area contributed by atoms with Gasteiger partial charge in [0.2, 0.25) is 5.78 Å². The van der Waals surface area contributed by atoms with Crippen molar-refractivity contribution >= 4 is 39.6 Å². The summed E-state index contributed by atoms with van der Waals surface area (Å²) >= 11 is 1.07. The maximum atomic E-state index is 12.0. The van der Waals surface area contributed by atoms with Gasteiger partial charge in [-0.15, -0.1) is 11.3 Å². The normalized spacial score (nSPS) is 10.0. The van der Waals surface area contributed by atoms with E-state index in [1.54, 1.807) is 30.3 Å². The number of rotatable bonds is 6. The second-order valence-electron chi connectivity index (χ2n) is 4.56. The molecule has 0 aliphatic carbocycles. The zero-order valence-electron chi connectivity index (χ0n) is 11.8. The molecule has 1 N–H and O–H groups in total. The lowest BCUT2D eigenvalue weighted by Gasteiger charge is -2.01. The van der Waals surface area contributed by atoms with Crippen molar-refractivity contribution in [2.75, 3.05) is 5.32 Å². The van der Waals surface area contributed by atoms with Gasteiger partial charge < -0.3 is 5.32 Å². The molecule has 5 nitrogen and oxygen atoms in total. The maximum absolute atomic E-state index is 12.0. The number of anilines is 1. The van der Waals surface area contributed by atoms with Crippen molar-refractivity contribution in [3.8, 4) is 0 Å². The van der Waals surface area contributed by atoms with Crippen molar-refractivity contribution in [1.29, 1.82) is 0 Å². The van der Waals surface area contributed by atoms with Crippen LogP contribution in [0, 0.1) is 0 Å². The average molecular weight is 315 g/mol. The quantitative estimate of drug-likeness (QED) is 0.505. The highest BCUT2D eigenvalue weighted by Crippen LogP contribution is 2.23. The number of carbonyl (C=O) groups excluding carboxylic acids is 4. The van der Waals surface area contributed by atoms with Crippen LogP contribution in [-0.2, 0) is 9.59 Å². The highest BCUT2D eigenvalue weighted by molar-refractivity contribution is 7.18. The molecule has 0 fully saturated rings. The summed E-state index contributed by atoms with van der Waals surface area (Å²) in [6.07, 6.45) is -0.443. The van der Waals surface area contributed by atoms with Gasteiger partial charge in [0.25, 0.3) is 5.91 Å². The van der Waals surface area contributed by atoms with E-state index in [1.807, 2.05) is 6.07 Å². The minimum absolute atomic E-state index is 0.277. The molecule has 2 rings (SSSR count). The van der Waals surface area contributed by atoms with Crippen LogP contribution in [0.5, 0.6) is 0 Å². The van der Waals surface area contributed by atoms with Crippen molar-refractivity contribution in [2.45, 2.75) is 13.3 Å². The predicted molar refractivity (Wildman–Crippen MR) is 83.3 cm³/mol. The van der Waals surface area contributed by atoms with Crippen LogP contribution in [0.2, 0.25) is 0 Å². The second kappa shape index (κ2) is 6.91. The Labute approximate surface area is 131 Å². The number of nitrogens with one attached hydrogen (secondary N) is 1. The Hall–Kier alpha value is -2.60. The second-order valence-corrected chi connectivity index (χ2v) is 5.65. The Balaban J connectivity index is 2.02. The van der Waals surface area contributed by atoms with Crippen molar-refractivity contribution < 1.29 is 19.2 Å². The molecular weight excluding hydrogens is 302 g/mol. The topological polar surface area (TPSA) is 80.3 Å². The molecule has 1 amide bonds. The molecule has 1 aromatic carbocycles. The van der Waals surface area contributed by atoms with E-state index in [0.29, 0.717) is 15.4 Å². The third-order valence-electron chi connectivity index (χ3n) is 2.87. The van der Waals surface area contributed by atoms with Gasteiger partial charge in [0, 0.05) is 12.5 Å². The number of hydrogen-bond acceptors (Lipinski definition) is 5. The molecule has 22 heavy (non-hydrogen) atoms. The SMILES string of the molecule is CC(=O)C(=O)CC(=O)c1ccc(NC(=O)c2ccccc2)s1. The van der Waals surface area contributed by atoms with Crippen LogP contribution in [0.3, 0.4) is 0 Å². The third-order valence-corrected chi connectivity index (χ3v) is 3.91. The third kappa shape index (κ3) is 3.95. The molecule has 0 aliphatic rings. The number of hydrogen-bond donors (Lipinski definition) is 1. The molecule has 1 aromatic heterocycles. The fraction of sp³-hybridized carbons (Fsp3) is 0.125. The zero-order chi connectivity index (χ0) is 16.1. The van der Waals surface area contributed by atoms with Crippen LogP contribution in [0.1, 0.15) is 33.4 Å². The van der Waals surface area contributed by atoms with Crippen molar-refractivity contribution in [3.63, 3.8) is 0 Å². The number of Topliss-reactive ketones (excluding diaryl/α,β-unsaturated/α-hetero) is 3. The number of carbonyl (C=O) groups is 4. The van der Waals surface area contributed by atoms with Gasteiger partial charge in [0.05, 0.1) is 16.3 Å². The molecule has 2 aromatic rings. The lowest BCUT2D eigenvalue weighted by molar-refractivity contribution is -0.134. The van der Waals surface area contributed by atoms with Crippen LogP contribution in [-0.4, -0.2) is 23.3 Å². The predicted octanol–water partition coefficient (Wildman–Crippen LogP) is 2.73. The van der Waals surface area contributed by atoms with E-state index in [-0.39, 0.29) is 5.91 Å².